The third-order valence-electron chi connectivity index (χ3n) is 6.42. The van der Waals surface area contributed by atoms with Crippen LogP contribution in [0.3, 0.4) is 0 Å². The largest absolute Gasteiger partial charge is 0.491 e. The van der Waals surface area contributed by atoms with Crippen molar-refractivity contribution in [3.8, 4) is 16.9 Å². The molecule has 0 bridgehead atoms. The van der Waals surface area contributed by atoms with Gasteiger partial charge >= 0.3 is 11.8 Å². The van der Waals surface area contributed by atoms with Gasteiger partial charge < -0.3 is 4.74 Å². The molecule has 172 valence electrons. The van der Waals surface area contributed by atoms with E-state index < -0.39 is 51.5 Å². The Bertz CT molecular complexity index is 1070. The van der Waals surface area contributed by atoms with Crippen LogP contribution < -0.4 is 4.74 Å². The van der Waals surface area contributed by atoms with Gasteiger partial charge in [-0.05, 0) is 60.9 Å². The quantitative estimate of drug-likeness (QED) is 0.414. The molecule has 1 atom stereocenters. The molecule has 0 spiro atoms. The number of halogens is 6. The summed E-state index contributed by atoms with van der Waals surface area (Å²) in [5.74, 6) is -12.9. The Hall–Kier alpha value is -2.44. The van der Waals surface area contributed by atoms with Gasteiger partial charge in [0.05, 0.1) is 17.7 Å². The molecule has 32 heavy (non-hydrogen) atoms. The second kappa shape index (κ2) is 8.16. The van der Waals surface area contributed by atoms with E-state index in [1.54, 1.807) is 0 Å². The molecule has 2 aliphatic carbocycles. The summed E-state index contributed by atoms with van der Waals surface area (Å²) < 4.78 is 95.4. The van der Waals surface area contributed by atoms with Crippen molar-refractivity contribution < 1.29 is 31.1 Å². The van der Waals surface area contributed by atoms with Gasteiger partial charge in [-0.25, -0.2) is 8.78 Å². The van der Waals surface area contributed by atoms with Crippen molar-refractivity contribution in [2.24, 2.45) is 5.92 Å². The van der Waals surface area contributed by atoms with Gasteiger partial charge in [-0.1, -0.05) is 38.0 Å². The second-order valence-electron chi connectivity index (χ2n) is 8.39. The minimum absolute atomic E-state index is 0.0273. The lowest BCUT2D eigenvalue weighted by Crippen LogP contribution is -2.41. The Morgan fingerprint density at radius 3 is 2.03 bits per heavy atom. The lowest BCUT2D eigenvalue weighted by atomic mass is 9.77. The minimum atomic E-state index is -4.95. The van der Waals surface area contributed by atoms with Crippen LogP contribution in [-0.2, 0) is 11.8 Å². The Morgan fingerprint density at radius 1 is 0.875 bits per heavy atom. The Balaban J connectivity index is 1.88. The first-order valence-corrected chi connectivity index (χ1v) is 10.9. The first-order valence-electron chi connectivity index (χ1n) is 10.9. The normalized spacial score (nSPS) is 20.9. The maximum absolute atomic E-state index is 15.4. The standard InChI is InChI=1S/C25H24F6O/c1-3-5-14-6-8-15(9-7-14)16-10-11-17-18-12-13-19(32-4-2)23(27)21(18)25(30,31)24(28,29)20(17)22(16)26/h8,10-14H,3-7,9H2,1-2H3. The van der Waals surface area contributed by atoms with Crippen LogP contribution in [0.15, 0.2) is 30.3 Å². The molecule has 4 rings (SSSR count). The van der Waals surface area contributed by atoms with Crippen LogP contribution >= 0.6 is 0 Å². The third kappa shape index (κ3) is 3.32. The SMILES string of the molecule is CCCC1CC=C(c2ccc3c(c2F)C(F)(F)C(F)(F)c2c-3ccc(OCC)c2F)CC1. The molecule has 0 aromatic heterocycles. The van der Waals surface area contributed by atoms with E-state index in [1.165, 1.54) is 19.1 Å². The van der Waals surface area contributed by atoms with Crippen LogP contribution in [0.25, 0.3) is 16.7 Å². The van der Waals surface area contributed by atoms with E-state index in [1.807, 2.05) is 6.08 Å². The van der Waals surface area contributed by atoms with Gasteiger partial charge in [0.15, 0.2) is 11.6 Å². The van der Waals surface area contributed by atoms with E-state index in [-0.39, 0.29) is 12.2 Å². The minimum Gasteiger partial charge on any atom is -0.491 e. The Kier molecular flexibility index (Phi) is 5.80. The van der Waals surface area contributed by atoms with Crippen molar-refractivity contribution in [2.45, 2.75) is 57.8 Å². The number of hydrogen-bond donors (Lipinski definition) is 0. The molecular weight excluding hydrogens is 430 g/mol. The number of rotatable bonds is 5. The summed E-state index contributed by atoms with van der Waals surface area (Å²) in [5.41, 5.74) is -3.29. The van der Waals surface area contributed by atoms with Gasteiger partial charge in [-0.2, -0.15) is 17.6 Å². The zero-order chi connectivity index (χ0) is 23.3. The number of ether oxygens (including phenoxy) is 1. The van der Waals surface area contributed by atoms with Gasteiger partial charge in [0.2, 0.25) is 0 Å². The highest BCUT2D eigenvalue weighted by molar-refractivity contribution is 5.80. The lowest BCUT2D eigenvalue weighted by Gasteiger charge is -2.36. The smallest absolute Gasteiger partial charge is 0.343 e. The summed E-state index contributed by atoms with van der Waals surface area (Å²) in [5, 5.41) is 0. The summed E-state index contributed by atoms with van der Waals surface area (Å²) >= 11 is 0. The predicted octanol–water partition coefficient (Wildman–Crippen LogP) is 8.21. The monoisotopic (exact) mass is 454 g/mol. The van der Waals surface area contributed by atoms with Crippen LogP contribution in [-0.4, -0.2) is 6.61 Å². The van der Waals surface area contributed by atoms with Crippen LogP contribution in [0, 0.1) is 17.6 Å². The molecule has 7 heteroatoms. The van der Waals surface area contributed by atoms with E-state index in [4.69, 9.17) is 4.74 Å². The molecule has 0 amide bonds. The molecule has 1 unspecified atom stereocenters. The highest BCUT2D eigenvalue weighted by atomic mass is 19.3. The van der Waals surface area contributed by atoms with Crippen LogP contribution in [0.1, 0.15) is 62.6 Å². The van der Waals surface area contributed by atoms with E-state index >= 15 is 13.2 Å². The third-order valence-corrected chi connectivity index (χ3v) is 6.42. The van der Waals surface area contributed by atoms with Crippen LogP contribution in [0.4, 0.5) is 26.3 Å². The molecule has 0 saturated heterocycles. The van der Waals surface area contributed by atoms with Crippen molar-refractivity contribution >= 4 is 5.57 Å². The van der Waals surface area contributed by atoms with E-state index in [0.717, 1.165) is 31.4 Å². The first-order chi connectivity index (χ1) is 15.1. The zero-order valence-electron chi connectivity index (χ0n) is 17.9. The molecule has 0 saturated carbocycles. The van der Waals surface area contributed by atoms with Crippen molar-refractivity contribution in [1.82, 2.24) is 0 Å². The molecule has 2 aromatic rings. The van der Waals surface area contributed by atoms with Gasteiger partial charge in [0.25, 0.3) is 0 Å². The van der Waals surface area contributed by atoms with Crippen LogP contribution in [0.5, 0.6) is 5.75 Å². The van der Waals surface area contributed by atoms with Crippen molar-refractivity contribution in [1.29, 1.82) is 0 Å². The zero-order valence-corrected chi connectivity index (χ0v) is 17.9. The topological polar surface area (TPSA) is 9.23 Å². The maximum Gasteiger partial charge on any atom is 0.343 e. The number of allylic oxidation sites excluding steroid dienone is 2. The Labute approximate surface area is 183 Å². The number of fused-ring (bicyclic) bond motifs is 3. The summed E-state index contributed by atoms with van der Waals surface area (Å²) in [6.07, 6.45) is 5.83. The highest BCUT2D eigenvalue weighted by Gasteiger charge is 2.65. The molecule has 0 N–H and O–H groups in total. The van der Waals surface area contributed by atoms with Crippen molar-refractivity contribution in [3.63, 3.8) is 0 Å². The predicted molar refractivity (Wildman–Crippen MR) is 111 cm³/mol. The average molecular weight is 454 g/mol. The summed E-state index contributed by atoms with van der Waals surface area (Å²) in [7, 11) is 0. The average Bonchev–Trinajstić information content (AvgIpc) is 2.74. The van der Waals surface area contributed by atoms with Gasteiger partial charge in [0, 0.05) is 5.56 Å². The van der Waals surface area contributed by atoms with Gasteiger partial charge in [-0.3, -0.25) is 0 Å². The van der Waals surface area contributed by atoms with Crippen molar-refractivity contribution in [3.05, 3.63) is 58.7 Å². The van der Waals surface area contributed by atoms with Gasteiger partial charge in [0.1, 0.15) is 5.82 Å². The molecule has 2 aromatic carbocycles. The van der Waals surface area contributed by atoms with E-state index in [0.29, 0.717) is 24.3 Å². The maximum atomic E-state index is 15.4. The fourth-order valence-corrected chi connectivity index (χ4v) is 4.83. The highest BCUT2D eigenvalue weighted by Crippen LogP contribution is 2.60. The summed E-state index contributed by atoms with van der Waals surface area (Å²) in [6, 6.07) is 4.70. The molecule has 0 fully saturated rings. The van der Waals surface area contributed by atoms with E-state index in [2.05, 4.69) is 6.92 Å². The lowest BCUT2D eigenvalue weighted by molar-refractivity contribution is -0.227. The molecule has 0 radical (unpaired) electrons. The summed E-state index contributed by atoms with van der Waals surface area (Å²) in [6.45, 7) is 3.56. The number of benzene rings is 2. The van der Waals surface area contributed by atoms with E-state index in [9.17, 15) is 13.2 Å². The summed E-state index contributed by atoms with van der Waals surface area (Å²) in [4.78, 5) is 0. The number of alkyl halides is 4. The second-order valence-corrected chi connectivity index (χ2v) is 8.39. The molecule has 2 aliphatic rings. The molecular formula is C25H24F6O. The molecule has 1 nitrogen and oxygen atoms in total. The Morgan fingerprint density at radius 2 is 1.47 bits per heavy atom. The number of hydrogen-bond acceptors (Lipinski definition) is 1. The molecule has 0 heterocycles. The van der Waals surface area contributed by atoms with Crippen LogP contribution in [0.2, 0.25) is 0 Å². The fourth-order valence-electron chi connectivity index (χ4n) is 4.83. The fraction of sp³-hybridized carbons (Fsp3) is 0.440. The van der Waals surface area contributed by atoms with Gasteiger partial charge in [-0.15, -0.1) is 0 Å². The molecule has 0 aliphatic heterocycles. The van der Waals surface area contributed by atoms with Crippen molar-refractivity contribution in [2.75, 3.05) is 6.61 Å². The first kappa shape index (κ1) is 22.7.